The number of nitrogens with one attached hydrogen (secondary N) is 2. The molecule has 3 nitrogen and oxygen atoms in total. The monoisotopic (exact) mass is 310 g/mol. The fraction of sp³-hybridized carbons (Fsp3) is 0. The molecule has 0 radical (unpaired) electrons. The van der Waals surface area contributed by atoms with Gasteiger partial charge in [-0.3, -0.25) is 4.79 Å². The summed E-state index contributed by atoms with van der Waals surface area (Å²) >= 11 is 0. The molecule has 2 aromatic heterocycles. The molecule has 0 spiro atoms. The number of pyridine rings is 1. The predicted molar refractivity (Wildman–Crippen MR) is 99.4 cm³/mol. The van der Waals surface area contributed by atoms with Crippen molar-refractivity contribution in [2.45, 2.75) is 0 Å². The third kappa shape index (κ3) is 1.82. The van der Waals surface area contributed by atoms with Gasteiger partial charge in [-0.15, -0.1) is 0 Å². The van der Waals surface area contributed by atoms with Crippen LogP contribution in [0.25, 0.3) is 43.7 Å². The number of fused-ring (bicyclic) bond motifs is 4. The summed E-state index contributed by atoms with van der Waals surface area (Å²) in [4.78, 5) is 18.1. The van der Waals surface area contributed by atoms with Crippen LogP contribution in [0.15, 0.2) is 77.7 Å². The van der Waals surface area contributed by atoms with Crippen molar-refractivity contribution >= 4 is 32.6 Å². The minimum Gasteiger partial charge on any atom is -0.357 e. The minimum atomic E-state index is -0.0830. The maximum atomic E-state index is 12.1. The Balaban J connectivity index is 1.87. The normalized spacial score (nSPS) is 11.5. The Bertz CT molecular complexity index is 1270. The quantitative estimate of drug-likeness (QED) is 0.458. The van der Waals surface area contributed by atoms with Crippen LogP contribution < -0.4 is 5.56 Å². The van der Waals surface area contributed by atoms with Crippen molar-refractivity contribution in [3.05, 3.63) is 83.3 Å². The maximum Gasteiger partial charge on any atom is 0.272 e. The van der Waals surface area contributed by atoms with Gasteiger partial charge in [-0.05, 0) is 40.1 Å². The molecule has 0 amide bonds. The lowest BCUT2D eigenvalue weighted by molar-refractivity contribution is 1.31. The summed E-state index contributed by atoms with van der Waals surface area (Å²) < 4.78 is 0. The molecular weight excluding hydrogens is 296 g/mol. The number of H-pyrrole nitrogens is 2. The van der Waals surface area contributed by atoms with Gasteiger partial charge in [0.25, 0.3) is 5.56 Å². The molecule has 0 aliphatic heterocycles. The van der Waals surface area contributed by atoms with Gasteiger partial charge in [-0.1, -0.05) is 48.5 Å². The summed E-state index contributed by atoms with van der Waals surface area (Å²) in [5, 5.41) is 4.46. The first kappa shape index (κ1) is 13.1. The first-order chi connectivity index (χ1) is 11.8. The minimum absolute atomic E-state index is 0.0830. The summed E-state index contributed by atoms with van der Waals surface area (Å²) in [6.45, 7) is 0. The summed E-state index contributed by atoms with van der Waals surface area (Å²) in [6, 6.07) is 22.9. The van der Waals surface area contributed by atoms with Crippen LogP contribution in [-0.2, 0) is 0 Å². The second-order valence-corrected chi connectivity index (χ2v) is 6.01. The Morgan fingerprint density at radius 1 is 0.750 bits per heavy atom. The number of aromatic amines is 2. The van der Waals surface area contributed by atoms with Crippen LogP contribution in [0.1, 0.15) is 0 Å². The Hall–Kier alpha value is -3.33. The maximum absolute atomic E-state index is 12.1. The van der Waals surface area contributed by atoms with E-state index in [2.05, 4.69) is 64.6 Å². The molecule has 0 saturated carbocycles. The van der Waals surface area contributed by atoms with Gasteiger partial charge >= 0.3 is 0 Å². The van der Waals surface area contributed by atoms with Crippen molar-refractivity contribution in [2.24, 2.45) is 0 Å². The van der Waals surface area contributed by atoms with Gasteiger partial charge in [0.05, 0.1) is 0 Å². The second-order valence-electron chi connectivity index (χ2n) is 6.01. The highest BCUT2D eigenvalue weighted by atomic mass is 16.1. The van der Waals surface area contributed by atoms with E-state index in [9.17, 15) is 4.79 Å². The van der Waals surface area contributed by atoms with E-state index in [0.717, 1.165) is 21.9 Å². The van der Waals surface area contributed by atoms with Crippen LogP contribution >= 0.6 is 0 Å². The second kappa shape index (κ2) is 4.83. The Labute approximate surface area is 137 Å². The number of aromatic nitrogens is 2. The first-order valence-electron chi connectivity index (χ1n) is 7.92. The zero-order valence-corrected chi connectivity index (χ0v) is 12.8. The molecule has 5 rings (SSSR count). The lowest BCUT2D eigenvalue weighted by atomic mass is 9.96. The summed E-state index contributed by atoms with van der Waals surface area (Å²) in [6.07, 6.45) is 1.81. The molecule has 2 N–H and O–H groups in total. The van der Waals surface area contributed by atoms with Gasteiger partial charge in [-0.25, -0.2) is 0 Å². The average Bonchev–Trinajstić information content (AvgIpc) is 3.12. The molecule has 2 heterocycles. The molecule has 3 heteroatoms. The van der Waals surface area contributed by atoms with Crippen LogP contribution in [-0.4, -0.2) is 9.97 Å². The molecule has 5 aromatic rings. The third-order valence-corrected chi connectivity index (χ3v) is 4.63. The zero-order valence-electron chi connectivity index (χ0n) is 12.8. The van der Waals surface area contributed by atoms with Gasteiger partial charge in [0.2, 0.25) is 0 Å². The van der Waals surface area contributed by atoms with Gasteiger partial charge in [0, 0.05) is 22.5 Å². The van der Waals surface area contributed by atoms with Gasteiger partial charge in [0.15, 0.2) is 0 Å². The molecule has 0 bridgehead atoms. The molecule has 114 valence electrons. The molecule has 3 aromatic carbocycles. The summed E-state index contributed by atoms with van der Waals surface area (Å²) in [7, 11) is 0. The fourth-order valence-electron chi connectivity index (χ4n) is 3.49. The summed E-state index contributed by atoms with van der Waals surface area (Å²) in [5.41, 5.74) is 3.74. The average molecular weight is 310 g/mol. The number of hydrogen-bond donors (Lipinski definition) is 2. The van der Waals surface area contributed by atoms with E-state index in [0.29, 0.717) is 5.52 Å². The Morgan fingerprint density at radius 3 is 2.58 bits per heavy atom. The van der Waals surface area contributed by atoms with Crippen LogP contribution in [0.5, 0.6) is 0 Å². The van der Waals surface area contributed by atoms with Crippen LogP contribution in [0.2, 0.25) is 0 Å². The zero-order chi connectivity index (χ0) is 16.1. The molecule has 0 saturated heterocycles. The molecule has 0 aliphatic rings. The van der Waals surface area contributed by atoms with Crippen LogP contribution in [0.3, 0.4) is 0 Å². The molecule has 0 unspecified atom stereocenters. The molecular formula is C21H14N2O. The standard InChI is InChI=1S/C21H14N2O/c24-21-20-17(10-11-22-20)18-12-14(8-9-19(18)23-21)16-7-3-5-13-4-1-2-6-15(13)16/h1-12,22H,(H,23,24). The first-order valence-corrected chi connectivity index (χ1v) is 7.92. The lowest BCUT2D eigenvalue weighted by Crippen LogP contribution is -2.05. The fourth-order valence-corrected chi connectivity index (χ4v) is 3.49. The number of benzene rings is 3. The van der Waals surface area contributed by atoms with Crippen molar-refractivity contribution in [3.8, 4) is 11.1 Å². The number of hydrogen-bond acceptors (Lipinski definition) is 1. The van der Waals surface area contributed by atoms with E-state index in [1.807, 2.05) is 18.3 Å². The third-order valence-electron chi connectivity index (χ3n) is 4.63. The van der Waals surface area contributed by atoms with Crippen molar-refractivity contribution in [3.63, 3.8) is 0 Å². The number of rotatable bonds is 1. The molecule has 0 atom stereocenters. The Morgan fingerprint density at radius 2 is 1.62 bits per heavy atom. The van der Waals surface area contributed by atoms with Gasteiger partial charge in [-0.2, -0.15) is 0 Å². The smallest absolute Gasteiger partial charge is 0.272 e. The van der Waals surface area contributed by atoms with E-state index in [-0.39, 0.29) is 5.56 Å². The predicted octanol–water partition coefficient (Wildman–Crippen LogP) is 4.83. The van der Waals surface area contributed by atoms with E-state index in [1.165, 1.54) is 16.3 Å². The highest BCUT2D eigenvalue weighted by Gasteiger charge is 2.09. The van der Waals surface area contributed by atoms with E-state index in [4.69, 9.17) is 0 Å². The molecule has 0 aliphatic carbocycles. The highest BCUT2D eigenvalue weighted by molar-refractivity contribution is 6.07. The van der Waals surface area contributed by atoms with E-state index >= 15 is 0 Å². The molecule has 0 fully saturated rings. The van der Waals surface area contributed by atoms with Crippen LogP contribution in [0.4, 0.5) is 0 Å². The van der Waals surface area contributed by atoms with Gasteiger partial charge < -0.3 is 9.97 Å². The van der Waals surface area contributed by atoms with Crippen molar-refractivity contribution in [2.75, 3.05) is 0 Å². The van der Waals surface area contributed by atoms with E-state index in [1.54, 1.807) is 0 Å². The Kier molecular flexibility index (Phi) is 2.65. The van der Waals surface area contributed by atoms with Crippen molar-refractivity contribution in [1.29, 1.82) is 0 Å². The highest BCUT2D eigenvalue weighted by Crippen LogP contribution is 2.31. The largest absolute Gasteiger partial charge is 0.357 e. The lowest BCUT2D eigenvalue weighted by Gasteiger charge is -2.09. The summed E-state index contributed by atoms with van der Waals surface area (Å²) in [5.74, 6) is 0. The molecule has 24 heavy (non-hydrogen) atoms. The topological polar surface area (TPSA) is 48.6 Å². The van der Waals surface area contributed by atoms with Crippen molar-refractivity contribution < 1.29 is 0 Å². The SMILES string of the molecule is O=c1[nH]c2ccc(-c3cccc4ccccc34)cc2c2cc[nH]c12. The van der Waals surface area contributed by atoms with Crippen molar-refractivity contribution in [1.82, 2.24) is 9.97 Å². The van der Waals surface area contributed by atoms with E-state index < -0.39 is 0 Å². The van der Waals surface area contributed by atoms with Crippen LogP contribution in [0, 0.1) is 0 Å². The van der Waals surface area contributed by atoms with Gasteiger partial charge in [0.1, 0.15) is 5.52 Å².